The fraction of sp³-hybridized carbons (Fsp3) is 0.0455. The van der Waals surface area contributed by atoms with Crippen LogP contribution in [0.1, 0.15) is 5.56 Å². The Labute approximate surface area is 170 Å². The van der Waals surface area contributed by atoms with Gasteiger partial charge in [0.2, 0.25) is 0 Å². The number of phenols is 3. The van der Waals surface area contributed by atoms with E-state index in [1.54, 1.807) is 42.6 Å². The minimum atomic E-state index is -0.654. The molecule has 150 valence electrons. The van der Waals surface area contributed by atoms with Crippen LogP contribution in [-0.2, 0) is 6.54 Å². The van der Waals surface area contributed by atoms with Crippen LogP contribution in [0.3, 0.4) is 0 Å². The van der Waals surface area contributed by atoms with Crippen LogP contribution in [0.2, 0.25) is 0 Å². The van der Waals surface area contributed by atoms with Crippen molar-refractivity contribution in [2.45, 2.75) is 6.54 Å². The maximum atomic E-state index is 12.1. The number of hydrogen-bond donors (Lipinski definition) is 5. The van der Waals surface area contributed by atoms with Crippen LogP contribution in [0.4, 0.5) is 17.1 Å². The quantitative estimate of drug-likeness (QED) is 0.189. The summed E-state index contributed by atoms with van der Waals surface area (Å²) in [6.45, 7) is 0.169. The van der Waals surface area contributed by atoms with Crippen LogP contribution in [0, 0.1) is 0 Å². The smallest absolute Gasteiger partial charge is 0.253 e. The summed E-state index contributed by atoms with van der Waals surface area (Å²) in [5, 5.41) is 34.9. The van der Waals surface area contributed by atoms with E-state index in [1.807, 2.05) is 0 Å². The molecule has 0 aliphatic rings. The summed E-state index contributed by atoms with van der Waals surface area (Å²) < 4.78 is 0. The molecule has 0 spiro atoms. The molecule has 8 nitrogen and oxygen atoms in total. The maximum Gasteiger partial charge on any atom is 0.253 e. The molecule has 0 atom stereocenters. The lowest BCUT2D eigenvalue weighted by Crippen LogP contribution is -2.36. The molecular weight excluding hydrogens is 386 g/mol. The molecule has 1 aromatic heterocycles. The van der Waals surface area contributed by atoms with Crippen molar-refractivity contribution in [3.8, 4) is 28.5 Å². The van der Waals surface area contributed by atoms with Crippen molar-refractivity contribution < 1.29 is 15.3 Å². The monoisotopic (exact) mass is 403 g/mol. The molecule has 0 bridgehead atoms. The zero-order valence-corrected chi connectivity index (χ0v) is 15.6. The van der Waals surface area contributed by atoms with E-state index in [-0.39, 0.29) is 35.2 Å². The van der Waals surface area contributed by atoms with E-state index in [9.17, 15) is 24.9 Å². The first-order valence-electron chi connectivity index (χ1n) is 9.03. The Morgan fingerprint density at radius 1 is 0.800 bits per heavy atom. The third-order valence-corrected chi connectivity index (χ3v) is 4.63. The molecular formula is C22H17N3O5. The highest BCUT2D eigenvalue weighted by atomic mass is 16.3. The van der Waals surface area contributed by atoms with Gasteiger partial charge in [-0.2, -0.15) is 0 Å². The Kier molecular flexibility index (Phi) is 4.81. The van der Waals surface area contributed by atoms with Crippen molar-refractivity contribution in [1.29, 1.82) is 0 Å². The second-order valence-electron chi connectivity index (χ2n) is 6.66. The molecule has 4 rings (SSSR count). The van der Waals surface area contributed by atoms with Gasteiger partial charge in [-0.15, -0.1) is 0 Å². The van der Waals surface area contributed by atoms with Gasteiger partial charge < -0.3 is 26.0 Å². The molecule has 0 unspecified atom stereocenters. The number of rotatable bonds is 6. The molecule has 0 saturated heterocycles. The predicted octanol–water partition coefficient (Wildman–Crippen LogP) is 2.82. The molecule has 5 N–H and O–H groups in total. The molecule has 0 aliphatic carbocycles. The number of nitrogens with one attached hydrogen (secondary N) is 2. The van der Waals surface area contributed by atoms with E-state index < -0.39 is 10.9 Å². The molecule has 4 aromatic rings. The van der Waals surface area contributed by atoms with Gasteiger partial charge in [0, 0.05) is 24.0 Å². The molecule has 0 amide bonds. The van der Waals surface area contributed by atoms with Crippen LogP contribution < -0.4 is 21.5 Å². The predicted molar refractivity (Wildman–Crippen MR) is 113 cm³/mol. The first-order valence-corrected chi connectivity index (χ1v) is 9.03. The molecule has 0 radical (unpaired) electrons. The summed E-state index contributed by atoms with van der Waals surface area (Å²) >= 11 is 0. The van der Waals surface area contributed by atoms with Gasteiger partial charge in [-0.25, -0.2) is 0 Å². The lowest BCUT2D eigenvalue weighted by Gasteiger charge is -2.16. The molecule has 0 saturated carbocycles. The van der Waals surface area contributed by atoms with Crippen molar-refractivity contribution in [3.05, 3.63) is 86.8 Å². The van der Waals surface area contributed by atoms with Gasteiger partial charge in [-0.3, -0.25) is 14.6 Å². The standard InChI is InChI=1S/C22H17N3O5/c26-16-7-5-13(10-14(16)15-3-1-2-8-23-15)25-20-19(21(29)22(20)30)24-11-12-4-6-17(27)18(28)9-12/h1-10,24-28H,11H2. The highest BCUT2D eigenvalue weighted by Gasteiger charge is 2.21. The average molecular weight is 403 g/mol. The Morgan fingerprint density at radius 3 is 2.30 bits per heavy atom. The van der Waals surface area contributed by atoms with Crippen LogP contribution >= 0.6 is 0 Å². The number of aromatic hydroxyl groups is 3. The summed E-state index contributed by atoms with van der Waals surface area (Å²) in [7, 11) is 0. The minimum Gasteiger partial charge on any atom is -0.507 e. The van der Waals surface area contributed by atoms with Crippen LogP contribution in [-0.4, -0.2) is 20.3 Å². The number of nitrogens with zero attached hydrogens (tertiary/aromatic N) is 1. The number of anilines is 3. The number of phenolic OH excluding ortho intramolecular Hbond substituents is 3. The largest absolute Gasteiger partial charge is 0.507 e. The van der Waals surface area contributed by atoms with Gasteiger partial charge in [0.25, 0.3) is 10.9 Å². The Morgan fingerprint density at radius 2 is 1.57 bits per heavy atom. The Hall–Kier alpha value is -4.33. The number of hydrogen-bond acceptors (Lipinski definition) is 8. The molecule has 3 aromatic carbocycles. The van der Waals surface area contributed by atoms with Gasteiger partial charge in [0.15, 0.2) is 11.5 Å². The molecule has 1 heterocycles. The number of benzene rings is 2. The number of aromatic nitrogens is 1. The van der Waals surface area contributed by atoms with Gasteiger partial charge >= 0.3 is 0 Å². The second kappa shape index (κ2) is 7.59. The lowest BCUT2D eigenvalue weighted by molar-refractivity contribution is 0.403. The fourth-order valence-corrected chi connectivity index (χ4v) is 3.03. The molecule has 8 heteroatoms. The van der Waals surface area contributed by atoms with Crippen molar-refractivity contribution in [3.63, 3.8) is 0 Å². The van der Waals surface area contributed by atoms with Crippen LogP contribution in [0.5, 0.6) is 17.2 Å². The first-order chi connectivity index (χ1) is 14.4. The number of pyridine rings is 1. The van der Waals surface area contributed by atoms with Gasteiger partial charge in [-0.05, 0) is 48.0 Å². The van der Waals surface area contributed by atoms with E-state index in [1.165, 1.54) is 18.2 Å². The topological polar surface area (TPSA) is 132 Å². The summed E-state index contributed by atoms with van der Waals surface area (Å²) in [5.74, 6) is -0.482. The second-order valence-corrected chi connectivity index (χ2v) is 6.66. The van der Waals surface area contributed by atoms with E-state index in [0.717, 1.165) is 0 Å². The minimum absolute atomic E-state index is 0.0368. The maximum absolute atomic E-state index is 12.1. The van der Waals surface area contributed by atoms with E-state index in [0.29, 0.717) is 22.5 Å². The van der Waals surface area contributed by atoms with Crippen molar-refractivity contribution in [2.24, 2.45) is 0 Å². The van der Waals surface area contributed by atoms with Crippen molar-refractivity contribution >= 4 is 17.1 Å². The Bertz CT molecular complexity index is 1290. The van der Waals surface area contributed by atoms with Crippen molar-refractivity contribution in [1.82, 2.24) is 4.98 Å². The summed E-state index contributed by atoms with van der Waals surface area (Å²) in [6, 6.07) is 14.3. The normalized spacial score (nSPS) is 10.8. The molecule has 0 fully saturated rings. The third-order valence-electron chi connectivity index (χ3n) is 4.63. The van der Waals surface area contributed by atoms with Crippen LogP contribution in [0.25, 0.3) is 11.3 Å². The zero-order chi connectivity index (χ0) is 21.3. The third kappa shape index (κ3) is 3.53. The highest BCUT2D eigenvalue weighted by Crippen LogP contribution is 2.32. The van der Waals surface area contributed by atoms with Gasteiger partial charge in [0.1, 0.15) is 17.1 Å². The zero-order valence-electron chi connectivity index (χ0n) is 15.6. The lowest BCUT2D eigenvalue weighted by atomic mass is 10.1. The molecule has 30 heavy (non-hydrogen) atoms. The summed E-state index contributed by atoms with van der Waals surface area (Å²) in [6.07, 6.45) is 1.61. The van der Waals surface area contributed by atoms with E-state index >= 15 is 0 Å². The highest BCUT2D eigenvalue weighted by molar-refractivity contribution is 5.81. The van der Waals surface area contributed by atoms with Crippen molar-refractivity contribution in [2.75, 3.05) is 10.6 Å². The van der Waals surface area contributed by atoms with E-state index in [4.69, 9.17) is 0 Å². The van der Waals surface area contributed by atoms with E-state index in [2.05, 4.69) is 15.6 Å². The summed E-state index contributed by atoms with van der Waals surface area (Å²) in [5.41, 5.74) is 1.10. The van der Waals surface area contributed by atoms with Gasteiger partial charge in [-0.1, -0.05) is 12.1 Å². The average Bonchev–Trinajstić information content (AvgIpc) is 2.76. The molecule has 0 aliphatic heterocycles. The van der Waals surface area contributed by atoms with Gasteiger partial charge in [0.05, 0.1) is 5.69 Å². The van der Waals surface area contributed by atoms with Crippen LogP contribution in [0.15, 0.2) is 70.4 Å². The Balaban J connectivity index is 1.56. The first kappa shape index (κ1) is 19.0. The fourth-order valence-electron chi connectivity index (χ4n) is 3.03. The SMILES string of the molecule is O=c1c(NCc2ccc(O)c(O)c2)c(Nc2ccc(O)c(-c3ccccn3)c2)c1=O. The summed E-state index contributed by atoms with van der Waals surface area (Å²) in [4.78, 5) is 28.3.